The molecule has 1 aromatic heterocycles. The van der Waals surface area contributed by atoms with Gasteiger partial charge in [-0.1, -0.05) is 5.16 Å². The van der Waals surface area contributed by atoms with Gasteiger partial charge in [0.15, 0.2) is 0 Å². The van der Waals surface area contributed by atoms with E-state index in [0.29, 0.717) is 30.2 Å². The quantitative estimate of drug-likeness (QED) is 0.573. The van der Waals surface area contributed by atoms with Gasteiger partial charge in [0.2, 0.25) is 17.6 Å². The topological polar surface area (TPSA) is 86.5 Å². The van der Waals surface area contributed by atoms with Crippen LogP contribution in [0.1, 0.15) is 18.7 Å². The fraction of sp³-hybridized carbons (Fsp3) is 0.250. The lowest BCUT2D eigenvalue weighted by atomic mass is 10.2. The van der Waals surface area contributed by atoms with Crippen LogP contribution in [0.25, 0.3) is 11.4 Å². The van der Waals surface area contributed by atoms with E-state index in [2.05, 4.69) is 20.2 Å². The van der Waals surface area contributed by atoms with E-state index < -0.39 is 6.61 Å². The number of halogens is 2. The van der Waals surface area contributed by atoms with Crippen molar-refractivity contribution in [1.82, 2.24) is 10.1 Å². The van der Waals surface area contributed by atoms with Gasteiger partial charge in [0.25, 0.3) is 0 Å². The number of carbonyl (C=O) groups excluding carboxylic acids is 1. The van der Waals surface area contributed by atoms with Gasteiger partial charge in [-0.15, -0.1) is 0 Å². The van der Waals surface area contributed by atoms with Gasteiger partial charge < -0.3 is 19.3 Å². The first-order valence-corrected chi connectivity index (χ1v) is 8.85. The molecule has 9 heteroatoms. The predicted octanol–water partition coefficient (Wildman–Crippen LogP) is 4.31. The molecule has 7 nitrogen and oxygen atoms in total. The van der Waals surface area contributed by atoms with Crippen LogP contribution in [0.3, 0.4) is 0 Å². The molecule has 1 N–H and O–H groups in total. The van der Waals surface area contributed by atoms with Gasteiger partial charge >= 0.3 is 6.61 Å². The molecule has 2 aromatic carbocycles. The van der Waals surface area contributed by atoms with E-state index in [4.69, 9.17) is 9.26 Å². The van der Waals surface area contributed by atoms with E-state index in [1.165, 1.54) is 24.3 Å². The number of aromatic nitrogens is 2. The van der Waals surface area contributed by atoms with Crippen molar-refractivity contribution >= 4 is 11.6 Å². The van der Waals surface area contributed by atoms with Crippen molar-refractivity contribution in [2.24, 2.45) is 0 Å². The maximum atomic E-state index is 12.1. The highest BCUT2D eigenvalue weighted by Gasteiger charge is 2.10. The highest BCUT2D eigenvalue weighted by molar-refractivity contribution is 5.90. The normalized spacial score (nSPS) is 10.8. The van der Waals surface area contributed by atoms with E-state index in [9.17, 15) is 13.6 Å². The van der Waals surface area contributed by atoms with Crippen LogP contribution in [-0.4, -0.2) is 29.8 Å². The fourth-order valence-corrected chi connectivity index (χ4v) is 2.56. The molecule has 0 radical (unpaired) electrons. The average Bonchev–Trinajstić information content (AvgIpc) is 3.18. The van der Waals surface area contributed by atoms with Crippen LogP contribution in [0.5, 0.6) is 11.5 Å². The molecule has 1 heterocycles. The Morgan fingerprint density at radius 2 is 1.79 bits per heavy atom. The fourth-order valence-electron chi connectivity index (χ4n) is 2.56. The number of carbonyl (C=O) groups is 1. The summed E-state index contributed by atoms with van der Waals surface area (Å²) in [5, 5.41) is 6.63. The average molecular weight is 403 g/mol. The third-order valence-electron chi connectivity index (χ3n) is 3.97. The lowest BCUT2D eigenvalue weighted by molar-refractivity contribution is -0.116. The molecule has 3 aromatic rings. The monoisotopic (exact) mass is 403 g/mol. The van der Waals surface area contributed by atoms with E-state index in [-0.39, 0.29) is 18.1 Å². The number of ether oxygens (including phenoxy) is 2. The van der Waals surface area contributed by atoms with Gasteiger partial charge in [0, 0.05) is 24.1 Å². The van der Waals surface area contributed by atoms with Crippen LogP contribution >= 0.6 is 0 Å². The zero-order chi connectivity index (χ0) is 20.6. The highest BCUT2D eigenvalue weighted by atomic mass is 19.3. The van der Waals surface area contributed by atoms with Gasteiger partial charge in [0.05, 0.1) is 7.11 Å². The largest absolute Gasteiger partial charge is 0.497 e. The second kappa shape index (κ2) is 9.63. The Kier molecular flexibility index (Phi) is 6.72. The van der Waals surface area contributed by atoms with E-state index >= 15 is 0 Å². The molecule has 0 unspecified atom stereocenters. The first-order chi connectivity index (χ1) is 14.0. The number of amides is 1. The minimum Gasteiger partial charge on any atom is -0.497 e. The number of nitrogens with one attached hydrogen (secondary N) is 1. The number of aryl methyl sites for hydroxylation is 1. The third kappa shape index (κ3) is 6.00. The summed E-state index contributed by atoms with van der Waals surface area (Å²) in [7, 11) is 1.59. The van der Waals surface area contributed by atoms with Crippen molar-refractivity contribution in [3.8, 4) is 22.9 Å². The maximum Gasteiger partial charge on any atom is 0.387 e. The Morgan fingerprint density at radius 1 is 1.10 bits per heavy atom. The van der Waals surface area contributed by atoms with Gasteiger partial charge in [-0.05, 0) is 55.0 Å². The van der Waals surface area contributed by atoms with Crippen LogP contribution in [0.2, 0.25) is 0 Å². The summed E-state index contributed by atoms with van der Waals surface area (Å²) in [5.41, 5.74) is 1.30. The molecule has 0 atom stereocenters. The molecule has 0 fully saturated rings. The number of anilines is 1. The second-order valence-electron chi connectivity index (χ2n) is 6.04. The van der Waals surface area contributed by atoms with Crippen molar-refractivity contribution in [3.63, 3.8) is 0 Å². The van der Waals surface area contributed by atoms with Gasteiger partial charge in [-0.3, -0.25) is 4.79 Å². The highest BCUT2D eigenvalue weighted by Crippen LogP contribution is 2.20. The third-order valence-corrected chi connectivity index (χ3v) is 3.97. The van der Waals surface area contributed by atoms with E-state index in [0.717, 1.165) is 11.3 Å². The van der Waals surface area contributed by atoms with Gasteiger partial charge in [0.1, 0.15) is 11.5 Å². The summed E-state index contributed by atoms with van der Waals surface area (Å²) < 4.78 is 38.8. The van der Waals surface area contributed by atoms with Crippen molar-refractivity contribution in [2.75, 3.05) is 12.4 Å². The molecule has 0 spiro atoms. The molecule has 0 aliphatic carbocycles. The van der Waals surface area contributed by atoms with Crippen LogP contribution in [0.15, 0.2) is 53.1 Å². The summed E-state index contributed by atoms with van der Waals surface area (Å²) in [6, 6.07) is 13.0. The summed E-state index contributed by atoms with van der Waals surface area (Å²) in [5.74, 6) is 1.47. The number of alkyl halides is 2. The number of rotatable bonds is 9. The zero-order valence-corrected chi connectivity index (χ0v) is 15.6. The molecule has 0 saturated heterocycles. The van der Waals surface area contributed by atoms with Crippen molar-refractivity contribution in [2.45, 2.75) is 25.9 Å². The summed E-state index contributed by atoms with van der Waals surface area (Å²) in [6.07, 6.45) is 1.22. The van der Waals surface area contributed by atoms with Gasteiger partial charge in [-0.25, -0.2) is 0 Å². The Hall–Kier alpha value is -3.49. The van der Waals surface area contributed by atoms with Crippen molar-refractivity contribution in [1.29, 1.82) is 0 Å². The second-order valence-corrected chi connectivity index (χ2v) is 6.04. The summed E-state index contributed by atoms with van der Waals surface area (Å²) in [6.45, 7) is -2.88. The Morgan fingerprint density at radius 3 is 2.45 bits per heavy atom. The number of benzene rings is 2. The molecule has 0 saturated carbocycles. The molecule has 29 heavy (non-hydrogen) atoms. The number of methoxy groups -OCH3 is 1. The molecule has 0 aliphatic rings. The van der Waals surface area contributed by atoms with Crippen molar-refractivity contribution < 1.29 is 27.6 Å². The van der Waals surface area contributed by atoms with Crippen LogP contribution in [-0.2, 0) is 11.2 Å². The Bertz CT molecular complexity index is 928. The van der Waals surface area contributed by atoms with Crippen molar-refractivity contribution in [3.05, 3.63) is 54.4 Å². The predicted molar refractivity (Wildman–Crippen MR) is 101 cm³/mol. The number of nitrogens with zero attached hydrogens (tertiary/aromatic N) is 2. The molecular formula is C20H19F2N3O4. The molecular weight excluding hydrogens is 384 g/mol. The summed E-state index contributed by atoms with van der Waals surface area (Å²) in [4.78, 5) is 16.3. The Labute approximate surface area is 165 Å². The zero-order valence-electron chi connectivity index (χ0n) is 15.6. The summed E-state index contributed by atoms with van der Waals surface area (Å²) >= 11 is 0. The minimum atomic E-state index is -2.88. The van der Waals surface area contributed by atoms with E-state index in [1.807, 2.05) is 24.3 Å². The molecule has 0 aliphatic heterocycles. The Balaban J connectivity index is 1.45. The lowest BCUT2D eigenvalue weighted by Crippen LogP contribution is -2.11. The maximum absolute atomic E-state index is 12.1. The standard InChI is InChI=1S/C20H19F2N3O4/c1-27-15-9-5-13(6-10-15)19-24-18(29-25-19)4-2-3-17(26)23-14-7-11-16(12-8-14)28-20(21)22/h5-12,20H,2-4H2,1H3,(H,23,26). The smallest absolute Gasteiger partial charge is 0.387 e. The SMILES string of the molecule is COc1ccc(-c2noc(CCCC(=O)Nc3ccc(OC(F)F)cc3)n2)cc1. The first-order valence-electron chi connectivity index (χ1n) is 8.85. The molecule has 3 rings (SSSR count). The van der Waals surface area contributed by atoms with Crippen LogP contribution < -0.4 is 14.8 Å². The lowest BCUT2D eigenvalue weighted by Gasteiger charge is -2.07. The van der Waals surface area contributed by atoms with Crippen LogP contribution in [0, 0.1) is 0 Å². The number of hydrogen-bond acceptors (Lipinski definition) is 6. The molecule has 1 amide bonds. The molecule has 0 bridgehead atoms. The first kappa shape index (κ1) is 20.2. The van der Waals surface area contributed by atoms with Gasteiger partial charge in [-0.2, -0.15) is 13.8 Å². The minimum absolute atomic E-state index is 0.0297. The molecule has 152 valence electrons. The number of hydrogen-bond donors (Lipinski definition) is 1. The van der Waals surface area contributed by atoms with E-state index in [1.54, 1.807) is 7.11 Å². The van der Waals surface area contributed by atoms with Crippen LogP contribution in [0.4, 0.5) is 14.5 Å².